The molecule has 6 aromatic rings. The molecule has 0 bridgehead atoms. The van der Waals surface area contributed by atoms with Crippen LogP contribution in [0.5, 0.6) is 0 Å². The van der Waals surface area contributed by atoms with Crippen LogP contribution in [0.3, 0.4) is 0 Å². The maximum Gasteiger partial charge on any atom is 0.319 e. The molecule has 160 valence electrons. The number of hydrogen-bond acceptors (Lipinski definition) is 3. The third-order valence-electron chi connectivity index (χ3n) is 6.03. The minimum absolute atomic E-state index is 0. The number of rotatable bonds is 2. The van der Waals surface area contributed by atoms with E-state index in [-0.39, 0.29) is 24.0 Å². The van der Waals surface area contributed by atoms with Crippen LogP contribution in [0.25, 0.3) is 50.4 Å². The van der Waals surface area contributed by atoms with Crippen LogP contribution in [0, 0.1) is 27.7 Å². The average Bonchev–Trinajstić information content (AvgIpc) is 3.38. The first-order chi connectivity index (χ1) is 15.0. The van der Waals surface area contributed by atoms with Gasteiger partial charge in [0.05, 0.1) is 10.9 Å². The van der Waals surface area contributed by atoms with E-state index in [2.05, 4.69) is 89.9 Å². The van der Waals surface area contributed by atoms with Crippen molar-refractivity contribution in [1.29, 1.82) is 0 Å². The molecule has 1 N–H and O–H groups in total. The third-order valence-corrected chi connectivity index (χ3v) is 6.03. The summed E-state index contributed by atoms with van der Waals surface area (Å²) in [6.07, 6.45) is 0. The molecule has 0 saturated heterocycles. The smallest absolute Gasteiger partial charge is 0.319 e. The Morgan fingerprint density at radius 3 is 2.38 bits per heavy atom. The van der Waals surface area contributed by atoms with Crippen LogP contribution >= 0.6 is 0 Å². The van der Waals surface area contributed by atoms with Gasteiger partial charge in [-0.3, -0.25) is 0 Å². The Bertz CT molecular complexity index is 1620. The number of H-pyrrole nitrogens is 1. The van der Waals surface area contributed by atoms with Gasteiger partial charge in [-0.25, -0.2) is 9.97 Å². The lowest BCUT2D eigenvalue weighted by Gasteiger charge is -2.10. The molecule has 0 atom stereocenters. The second-order valence-electron chi connectivity index (χ2n) is 8.20. The molecule has 0 unspecified atom stereocenters. The monoisotopic (exact) mass is 535 g/mol. The van der Waals surface area contributed by atoms with Crippen molar-refractivity contribution in [3.63, 3.8) is 0 Å². The molecule has 0 radical (unpaired) electrons. The number of aromatic amines is 1. The molecule has 0 saturated carbocycles. The summed E-state index contributed by atoms with van der Waals surface area (Å²) in [5.41, 5.74) is 9.65. The molecule has 0 aliphatic rings. The molecule has 3 aromatic heterocycles. The summed E-state index contributed by atoms with van der Waals surface area (Å²) in [6, 6.07) is 19.1. The van der Waals surface area contributed by atoms with Crippen molar-refractivity contribution in [3.8, 4) is 17.1 Å². The highest BCUT2D eigenvalue weighted by molar-refractivity contribution is 6.02. The number of para-hydroxylation sites is 3. The summed E-state index contributed by atoms with van der Waals surface area (Å²) in [7, 11) is 0. The highest BCUT2D eigenvalue weighted by atomic mass is 127. The van der Waals surface area contributed by atoms with Gasteiger partial charge in [0, 0.05) is 6.92 Å². The number of furan rings is 1. The van der Waals surface area contributed by atoms with Crippen molar-refractivity contribution in [2.45, 2.75) is 27.7 Å². The molecule has 3 aromatic carbocycles. The topological polar surface area (TPSA) is 58.2 Å². The number of fused-ring (bicyclic) bond motifs is 4. The van der Waals surface area contributed by atoms with Crippen LogP contribution in [-0.2, 0) is 0 Å². The molecule has 6 heteroatoms. The predicted molar refractivity (Wildman–Crippen MR) is 122 cm³/mol. The number of nitrogens with one attached hydrogen (secondary N) is 1. The SMILES string of the molecule is Cc1nc2c(o1)oc1cc(-c3[nH+]c4ccccc4n3-c3c(C)cccc3C)c(C)cc12.[I-]. The van der Waals surface area contributed by atoms with Crippen LogP contribution in [0.15, 0.2) is 63.4 Å². The number of hydrogen-bond donors (Lipinski definition) is 0. The lowest BCUT2D eigenvalue weighted by atomic mass is 10.0. The molecule has 5 nitrogen and oxygen atoms in total. The van der Waals surface area contributed by atoms with E-state index in [4.69, 9.17) is 8.83 Å². The Morgan fingerprint density at radius 1 is 0.844 bits per heavy atom. The standard InChI is InChI=1S/C26H21N3O2.HI/c1-14-8-7-9-15(2)24(14)29-21-11-6-5-10-20(21)28-25(29)18-13-22-19(12-16(18)3)23-26(31-22)30-17(4)27-23;/h5-13H,1-4H3;1H. The summed E-state index contributed by atoms with van der Waals surface area (Å²) in [5, 5.41) is 0.975. The Morgan fingerprint density at radius 2 is 1.59 bits per heavy atom. The van der Waals surface area contributed by atoms with Gasteiger partial charge in [0.15, 0.2) is 22.4 Å². The third kappa shape index (κ3) is 2.97. The van der Waals surface area contributed by atoms with Gasteiger partial charge in [-0.15, -0.1) is 0 Å². The van der Waals surface area contributed by atoms with Crippen molar-refractivity contribution < 1.29 is 37.8 Å². The van der Waals surface area contributed by atoms with Gasteiger partial charge in [-0.05, 0) is 61.7 Å². The molecular formula is C26H22IN3O2. The van der Waals surface area contributed by atoms with Gasteiger partial charge in [0.2, 0.25) is 0 Å². The molecule has 0 aliphatic carbocycles. The molecule has 0 aliphatic heterocycles. The molecule has 0 spiro atoms. The number of nitrogens with zero attached hydrogens (tertiary/aromatic N) is 2. The molecule has 32 heavy (non-hydrogen) atoms. The number of aryl methyl sites for hydroxylation is 4. The maximum atomic E-state index is 6.01. The second-order valence-corrected chi connectivity index (χ2v) is 8.20. The van der Waals surface area contributed by atoms with Gasteiger partial charge in [0.25, 0.3) is 5.82 Å². The number of imidazole rings is 1. The van der Waals surface area contributed by atoms with E-state index < -0.39 is 0 Å². The molecule has 3 heterocycles. The summed E-state index contributed by atoms with van der Waals surface area (Å²) >= 11 is 0. The highest BCUT2D eigenvalue weighted by Crippen LogP contribution is 2.36. The Kier molecular flexibility index (Phi) is 4.85. The van der Waals surface area contributed by atoms with E-state index in [1.54, 1.807) is 0 Å². The van der Waals surface area contributed by atoms with Crippen LogP contribution in [0.2, 0.25) is 0 Å². The van der Waals surface area contributed by atoms with E-state index >= 15 is 0 Å². The molecule has 6 rings (SSSR count). The maximum absolute atomic E-state index is 6.01. The first kappa shape index (κ1) is 20.8. The molecule has 0 fully saturated rings. The summed E-state index contributed by atoms with van der Waals surface area (Å²) < 4.78 is 13.9. The largest absolute Gasteiger partial charge is 1.00 e. The Hall–Kier alpha value is -3.13. The van der Waals surface area contributed by atoms with Gasteiger partial charge < -0.3 is 32.8 Å². The lowest BCUT2D eigenvalue weighted by molar-refractivity contribution is -0.331. The van der Waals surface area contributed by atoms with Gasteiger partial charge >= 0.3 is 5.78 Å². The van der Waals surface area contributed by atoms with E-state index in [1.165, 1.54) is 16.8 Å². The second kappa shape index (κ2) is 7.48. The molecule has 0 amide bonds. The van der Waals surface area contributed by atoms with Gasteiger partial charge in [-0.2, -0.15) is 4.57 Å². The van der Waals surface area contributed by atoms with Crippen molar-refractivity contribution >= 4 is 33.3 Å². The van der Waals surface area contributed by atoms with Crippen molar-refractivity contribution in [1.82, 2.24) is 9.55 Å². The number of halogens is 1. The van der Waals surface area contributed by atoms with E-state index in [9.17, 15) is 0 Å². The quantitative estimate of drug-likeness (QED) is 0.320. The van der Waals surface area contributed by atoms with E-state index in [0.717, 1.165) is 44.5 Å². The fourth-order valence-electron chi connectivity index (χ4n) is 4.62. The van der Waals surface area contributed by atoms with Crippen molar-refractivity contribution in [2.24, 2.45) is 0 Å². The van der Waals surface area contributed by atoms with Crippen LogP contribution in [-0.4, -0.2) is 9.55 Å². The first-order valence-corrected chi connectivity index (χ1v) is 10.4. The van der Waals surface area contributed by atoms with Gasteiger partial charge in [-0.1, -0.05) is 30.3 Å². The zero-order valence-corrected chi connectivity index (χ0v) is 20.4. The number of oxazole rings is 1. The zero-order chi connectivity index (χ0) is 21.3. The van der Waals surface area contributed by atoms with Gasteiger partial charge in [0.1, 0.15) is 11.3 Å². The lowest BCUT2D eigenvalue weighted by Crippen LogP contribution is -3.00. The Balaban J connectivity index is 0.00000216. The van der Waals surface area contributed by atoms with E-state index in [0.29, 0.717) is 11.7 Å². The normalized spacial score (nSPS) is 11.5. The number of aromatic nitrogens is 3. The van der Waals surface area contributed by atoms with Crippen LogP contribution in [0.1, 0.15) is 22.6 Å². The van der Waals surface area contributed by atoms with Crippen LogP contribution in [0.4, 0.5) is 0 Å². The summed E-state index contributed by atoms with van der Waals surface area (Å²) in [6.45, 7) is 8.28. The minimum atomic E-state index is 0. The van der Waals surface area contributed by atoms with Crippen LogP contribution < -0.4 is 29.0 Å². The summed E-state index contributed by atoms with van der Waals surface area (Å²) in [5.74, 6) is 2.11. The molecular weight excluding hydrogens is 513 g/mol. The fourth-order valence-corrected chi connectivity index (χ4v) is 4.62. The highest BCUT2D eigenvalue weighted by Gasteiger charge is 2.27. The van der Waals surface area contributed by atoms with E-state index in [1.807, 2.05) is 6.92 Å². The predicted octanol–water partition coefficient (Wildman–Crippen LogP) is 3.24. The Labute approximate surface area is 202 Å². The summed E-state index contributed by atoms with van der Waals surface area (Å²) in [4.78, 5) is 8.15. The fraction of sp³-hybridized carbons (Fsp3) is 0.154. The average molecular weight is 535 g/mol. The number of benzene rings is 3. The first-order valence-electron chi connectivity index (χ1n) is 10.4. The minimum Gasteiger partial charge on any atom is -1.00 e. The zero-order valence-electron chi connectivity index (χ0n) is 18.3. The van der Waals surface area contributed by atoms with Crippen molar-refractivity contribution in [2.75, 3.05) is 0 Å². The van der Waals surface area contributed by atoms with Crippen molar-refractivity contribution in [3.05, 3.63) is 77.2 Å².